The van der Waals surface area contributed by atoms with E-state index in [-0.39, 0.29) is 5.91 Å². The SMILES string of the molecule is N#Cc1ccc(NC(=O)[C@H](N)Cc2ccccc2)cc1Cl. The molecule has 1 amide bonds. The van der Waals surface area contributed by atoms with E-state index in [1.165, 1.54) is 6.07 Å². The van der Waals surface area contributed by atoms with Crippen molar-refractivity contribution < 1.29 is 4.79 Å². The van der Waals surface area contributed by atoms with Crippen LogP contribution in [0.2, 0.25) is 5.02 Å². The molecule has 5 heteroatoms. The Morgan fingerprint density at radius 1 is 1.29 bits per heavy atom. The highest BCUT2D eigenvalue weighted by Crippen LogP contribution is 2.20. The van der Waals surface area contributed by atoms with Gasteiger partial charge < -0.3 is 11.1 Å². The molecule has 0 aliphatic carbocycles. The number of amides is 1. The lowest BCUT2D eigenvalue weighted by atomic mass is 10.1. The van der Waals surface area contributed by atoms with Crippen LogP contribution in [0.25, 0.3) is 0 Å². The number of benzene rings is 2. The first-order chi connectivity index (χ1) is 10.1. The molecule has 0 aliphatic heterocycles. The third-order valence-corrected chi connectivity index (χ3v) is 3.30. The summed E-state index contributed by atoms with van der Waals surface area (Å²) in [6.45, 7) is 0. The van der Waals surface area contributed by atoms with Crippen molar-refractivity contribution in [3.05, 3.63) is 64.7 Å². The van der Waals surface area contributed by atoms with E-state index in [9.17, 15) is 4.79 Å². The molecular weight excluding hydrogens is 286 g/mol. The van der Waals surface area contributed by atoms with Crippen LogP contribution in [0.1, 0.15) is 11.1 Å². The van der Waals surface area contributed by atoms with E-state index in [4.69, 9.17) is 22.6 Å². The molecule has 2 rings (SSSR count). The standard InChI is InChI=1S/C16H14ClN3O/c17-14-9-13(7-6-12(14)10-18)20-16(21)15(19)8-11-4-2-1-3-5-11/h1-7,9,15H,8,19H2,(H,20,21)/t15-/m1/s1. The van der Waals surface area contributed by atoms with Crippen LogP contribution >= 0.6 is 11.6 Å². The molecule has 0 aliphatic rings. The molecule has 1 atom stereocenters. The topological polar surface area (TPSA) is 78.9 Å². The predicted octanol–water partition coefficient (Wildman–Crippen LogP) is 2.72. The quantitative estimate of drug-likeness (QED) is 0.911. The monoisotopic (exact) mass is 299 g/mol. The second-order valence-electron chi connectivity index (χ2n) is 4.59. The van der Waals surface area contributed by atoms with E-state index in [1.807, 2.05) is 36.4 Å². The van der Waals surface area contributed by atoms with Crippen LogP contribution in [0, 0.1) is 11.3 Å². The molecule has 2 aromatic rings. The number of nitriles is 1. The Labute approximate surface area is 128 Å². The van der Waals surface area contributed by atoms with E-state index < -0.39 is 6.04 Å². The number of nitrogens with two attached hydrogens (primary N) is 1. The summed E-state index contributed by atoms with van der Waals surface area (Å²) in [5.74, 6) is -0.292. The zero-order chi connectivity index (χ0) is 15.2. The summed E-state index contributed by atoms with van der Waals surface area (Å²) in [5.41, 5.74) is 7.78. The van der Waals surface area contributed by atoms with Gasteiger partial charge in [0.2, 0.25) is 5.91 Å². The lowest BCUT2D eigenvalue weighted by molar-refractivity contribution is -0.117. The Morgan fingerprint density at radius 3 is 2.62 bits per heavy atom. The van der Waals surface area contributed by atoms with Gasteiger partial charge in [0.25, 0.3) is 0 Å². The van der Waals surface area contributed by atoms with Gasteiger partial charge in [-0.05, 0) is 30.2 Å². The van der Waals surface area contributed by atoms with Crippen LogP contribution in [0.4, 0.5) is 5.69 Å². The number of hydrogen-bond acceptors (Lipinski definition) is 3. The van der Waals surface area contributed by atoms with Crippen molar-refractivity contribution in [1.82, 2.24) is 0 Å². The maximum Gasteiger partial charge on any atom is 0.241 e. The number of hydrogen-bond donors (Lipinski definition) is 2. The Morgan fingerprint density at radius 2 is 2.00 bits per heavy atom. The molecule has 0 fully saturated rings. The van der Waals surface area contributed by atoms with E-state index >= 15 is 0 Å². The van der Waals surface area contributed by atoms with Crippen LogP contribution in [0.15, 0.2) is 48.5 Å². The normalized spacial score (nSPS) is 11.5. The minimum Gasteiger partial charge on any atom is -0.325 e. The summed E-state index contributed by atoms with van der Waals surface area (Å²) < 4.78 is 0. The molecule has 4 nitrogen and oxygen atoms in total. The lowest BCUT2D eigenvalue weighted by Gasteiger charge is -2.12. The minimum atomic E-state index is -0.651. The van der Waals surface area contributed by atoms with Crippen molar-refractivity contribution >= 4 is 23.2 Å². The third kappa shape index (κ3) is 4.06. The molecule has 0 heterocycles. The molecule has 106 valence electrons. The largest absolute Gasteiger partial charge is 0.325 e. The first kappa shape index (κ1) is 15.0. The van der Waals surface area contributed by atoms with Gasteiger partial charge in [-0.3, -0.25) is 4.79 Å². The summed E-state index contributed by atoms with van der Waals surface area (Å²) in [6.07, 6.45) is 0.455. The molecule has 0 saturated heterocycles. The van der Waals surface area contributed by atoms with Crippen molar-refractivity contribution in [3.8, 4) is 6.07 Å². The number of rotatable bonds is 4. The number of nitrogens with one attached hydrogen (secondary N) is 1. The Hall–Kier alpha value is -2.35. The smallest absolute Gasteiger partial charge is 0.241 e. The second-order valence-corrected chi connectivity index (χ2v) is 5.00. The molecular formula is C16H14ClN3O. The maximum atomic E-state index is 12.0. The zero-order valence-electron chi connectivity index (χ0n) is 11.2. The molecule has 0 unspecified atom stereocenters. The van der Waals surface area contributed by atoms with Crippen LogP contribution in [0.5, 0.6) is 0 Å². The van der Waals surface area contributed by atoms with Crippen molar-refractivity contribution in [3.63, 3.8) is 0 Å². The maximum absolute atomic E-state index is 12.0. The average Bonchev–Trinajstić information content (AvgIpc) is 2.48. The van der Waals surface area contributed by atoms with Crippen LogP contribution in [0.3, 0.4) is 0 Å². The van der Waals surface area contributed by atoms with E-state index in [0.717, 1.165) is 5.56 Å². The minimum absolute atomic E-state index is 0.292. The fourth-order valence-electron chi connectivity index (χ4n) is 1.88. The molecule has 21 heavy (non-hydrogen) atoms. The Kier molecular flexibility index (Phi) is 4.94. The number of carbonyl (C=O) groups excluding carboxylic acids is 1. The lowest BCUT2D eigenvalue weighted by Crippen LogP contribution is -2.37. The highest BCUT2D eigenvalue weighted by molar-refractivity contribution is 6.32. The molecule has 0 aromatic heterocycles. The van der Waals surface area contributed by atoms with Crippen molar-refractivity contribution in [2.45, 2.75) is 12.5 Å². The molecule has 2 aromatic carbocycles. The predicted molar refractivity (Wildman–Crippen MR) is 82.9 cm³/mol. The number of halogens is 1. The highest BCUT2D eigenvalue weighted by Gasteiger charge is 2.14. The number of nitrogens with zero attached hydrogens (tertiary/aromatic N) is 1. The van der Waals surface area contributed by atoms with Crippen LogP contribution in [-0.4, -0.2) is 11.9 Å². The van der Waals surface area contributed by atoms with Crippen LogP contribution in [-0.2, 0) is 11.2 Å². The van der Waals surface area contributed by atoms with Crippen molar-refractivity contribution in [2.24, 2.45) is 5.73 Å². The molecule has 0 saturated carbocycles. The van der Waals surface area contributed by atoms with Gasteiger partial charge in [0.15, 0.2) is 0 Å². The van der Waals surface area contributed by atoms with Gasteiger partial charge in [-0.1, -0.05) is 41.9 Å². The summed E-state index contributed by atoms with van der Waals surface area (Å²) in [7, 11) is 0. The van der Waals surface area contributed by atoms with Gasteiger partial charge in [-0.25, -0.2) is 0 Å². The fourth-order valence-corrected chi connectivity index (χ4v) is 2.10. The summed E-state index contributed by atoms with van der Waals surface area (Å²) in [5, 5.41) is 11.8. The van der Waals surface area contributed by atoms with E-state index in [1.54, 1.807) is 12.1 Å². The summed E-state index contributed by atoms with van der Waals surface area (Å²) in [6, 6.07) is 15.6. The first-order valence-electron chi connectivity index (χ1n) is 6.40. The van der Waals surface area contributed by atoms with E-state index in [2.05, 4.69) is 5.32 Å². The Balaban J connectivity index is 2.01. The van der Waals surface area contributed by atoms with Gasteiger partial charge in [0.05, 0.1) is 16.6 Å². The van der Waals surface area contributed by atoms with Crippen LogP contribution < -0.4 is 11.1 Å². The fraction of sp³-hybridized carbons (Fsp3) is 0.125. The molecule has 0 spiro atoms. The second kappa shape index (κ2) is 6.89. The summed E-state index contributed by atoms with van der Waals surface area (Å²) in [4.78, 5) is 12.0. The highest BCUT2D eigenvalue weighted by atomic mass is 35.5. The first-order valence-corrected chi connectivity index (χ1v) is 6.78. The summed E-state index contributed by atoms with van der Waals surface area (Å²) >= 11 is 5.92. The van der Waals surface area contributed by atoms with Gasteiger partial charge in [-0.15, -0.1) is 0 Å². The third-order valence-electron chi connectivity index (χ3n) is 2.99. The number of anilines is 1. The van der Waals surface area contributed by atoms with E-state index in [0.29, 0.717) is 22.7 Å². The molecule has 3 N–H and O–H groups in total. The van der Waals surface area contributed by atoms with Gasteiger partial charge in [0.1, 0.15) is 6.07 Å². The zero-order valence-corrected chi connectivity index (χ0v) is 12.0. The Bertz CT molecular complexity index is 680. The van der Waals surface area contributed by atoms with Gasteiger partial charge in [-0.2, -0.15) is 5.26 Å². The number of carbonyl (C=O) groups is 1. The molecule has 0 radical (unpaired) electrons. The average molecular weight is 300 g/mol. The van der Waals surface area contributed by atoms with Crippen molar-refractivity contribution in [1.29, 1.82) is 5.26 Å². The van der Waals surface area contributed by atoms with Gasteiger partial charge >= 0.3 is 0 Å². The van der Waals surface area contributed by atoms with Gasteiger partial charge in [0, 0.05) is 5.69 Å². The molecule has 0 bridgehead atoms. The van der Waals surface area contributed by atoms with Crippen molar-refractivity contribution in [2.75, 3.05) is 5.32 Å².